The molecular formula is C21H25NO4. The predicted molar refractivity (Wildman–Crippen MR) is 100 cm³/mol. The minimum absolute atomic E-state index is 0.198. The van der Waals surface area contributed by atoms with Crippen molar-refractivity contribution in [2.75, 3.05) is 20.3 Å². The largest absolute Gasteiger partial charge is 0.496 e. The van der Waals surface area contributed by atoms with Crippen LogP contribution >= 0.6 is 0 Å². The maximum atomic E-state index is 12.6. The van der Waals surface area contributed by atoms with E-state index < -0.39 is 5.92 Å². The van der Waals surface area contributed by atoms with Gasteiger partial charge in [-0.25, -0.2) is 0 Å². The summed E-state index contributed by atoms with van der Waals surface area (Å²) in [6.45, 7) is 4.19. The Morgan fingerprint density at radius 3 is 2.50 bits per heavy atom. The predicted octanol–water partition coefficient (Wildman–Crippen LogP) is 3.16. The first kappa shape index (κ1) is 19.5. The van der Waals surface area contributed by atoms with Gasteiger partial charge in [0.05, 0.1) is 25.2 Å². The number of benzene rings is 2. The average molecular weight is 355 g/mol. The van der Waals surface area contributed by atoms with Crippen LogP contribution in [-0.4, -0.2) is 32.1 Å². The maximum Gasteiger partial charge on any atom is 0.311 e. The minimum Gasteiger partial charge on any atom is -0.496 e. The summed E-state index contributed by atoms with van der Waals surface area (Å²) in [5.41, 5.74) is 2.44. The number of carbonyl (C=O) groups excluding carboxylic acids is 2. The van der Waals surface area contributed by atoms with Crippen LogP contribution in [0.4, 0.5) is 0 Å². The normalized spacial score (nSPS) is 11.5. The highest BCUT2D eigenvalue weighted by Gasteiger charge is 2.22. The van der Waals surface area contributed by atoms with Gasteiger partial charge < -0.3 is 14.8 Å². The van der Waals surface area contributed by atoms with E-state index in [-0.39, 0.29) is 18.4 Å². The van der Waals surface area contributed by atoms with Gasteiger partial charge in [0.15, 0.2) is 0 Å². The zero-order valence-electron chi connectivity index (χ0n) is 15.5. The molecule has 5 heteroatoms. The number of nitrogens with one attached hydrogen (secondary N) is 1. The summed E-state index contributed by atoms with van der Waals surface area (Å²) in [6.07, 6.45) is 0.505. The molecule has 2 rings (SSSR count). The fourth-order valence-electron chi connectivity index (χ4n) is 2.71. The first-order valence-corrected chi connectivity index (χ1v) is 8.68. The van der Waals surface area contributed by atoms with E-state index in [1.807, 2.05) is 43.3 Å². The Morgan fingerprint density at radius 1 is 1.12 bits per heavy atom. The second kappa shape index (κ2) is 9.61. The molecule has 0 aliphatic rings. The molecule has 0 spiro atoms. The van der Waals surface area contributed by atoms with E-state index in [4.69, 9.17) is 9.47 Å². The quantitative estimate of drug-likeness (QED) is 0.739. The van der Waals surface area contributed by atoms with Crippen molar-refractivity contribution in [1.29, 1.82) is 0 Å². The van der Waals surface area contributed by atoms with E-state index in [1.54, 1.807) is 19.1 Å². The Kier molecular flexibility index (Phi) is 7.21. The maximum absolute atomic E-state index is 12.6. The molecule has 0 radical (unpaired) electrons. The Morgan fingerprint density at radius 2 is 1.85 bits per heavy atom. The van der Waals surface area contributed by atoms with Crippen LogP contribution in [0.1, 0.15) is 28.4 Å². The number of rotatable bonds is 8. The van der Waals surface area contributed by atoms with Gasteiger partial charge >= 0.3 is 5.97 Å². The van der Waals surface area contributed by atoms with Crippen molar-refractivity contribution in [1.82, 2.24) is 5.32 Å². The molecule has 0 fully saturated rings. The molecule has 2 aromatic rings. The highest BCUT2D eigenvalue weighted by molar-refractivity contribution is 5.97. The molecule has 1 N–H and O–H groups in total. The third-order valence-electron chi connectivity index (χ3n) is 4.05. The summed E-state index contributed by atoms with van der Waals surface area (Å²) in [5, 5.41) is 2.84. The molecule has 2 aromatic carbocycles. The molecule has 0 saturated heterocycles. The Labute approximate surface area is 154 Å². The van der Waals surface area contributed by atoms with Crippen molar-refractivity contribution in [2.24, 2.45) is 5.92 Å². The summed E-state index contributed by atoms with van der Waals surface area (Å²) in [5.74, 6) is -0.526. The number of hydrogen-bond acceptors (Lipinski definition) is 4. The lowest BCUT2D eigenvalue weighted by molar-refractivity contribution is -0.147. The van der Waals surface area contributed by atoms with Gasteiger partial charge in [-0.3, -0.25) is 9.59 Å². The lowest BCUT2D eigenvalue weighted by Crippen LogP contribution is -2.35. The first-order chi connectivity index (χ1) is 12.5. The number of aryl methyl sites for hydroxylation is 1. The molecule has 0 aliphatic heterocycles. The topological polar surface area (TPSA) is 64.6 Å². The average Bonchev–Trinajstić information content (AvgIpc) is 2.65. The van der Waals surface area contributed by atoms with E-state index in [9.17, 15) is 9.59 Å². The molecule has 0 saturated carbocycles. The van der Waals surface area contributed by atoms with Gasteiger partial charge in [-0.1, -0.05) is 42.0 Å². The molecule has 5 nitrogen and oxygen atoms in total. The third kappa shape index (κ3) is 5.34. The van der Waals surface area contributed by atoms with Crippen LogP contribution < -0.4 is 10.1 Å². The summed E-state index contributed by atoms with van der Waals surface area (Å²) in [4.78, 5) is 24.8. The Balaban J connectivity index is 2.09. The second-order valence-electron chi connectivity index (χ2n) is 6.05. The number of esters is 1. The van der Waals surface area contributed by atoms with Crippen LogP contribution in [0.2, 0.25) is 0 Å². The van der Waals surface area contributed by atoms with E-state index in [0.717, 1.165) is 11.1 Å². The number of hydrogen-bond donors (Lipinski definition) is 1. The van der Waals surface area contributed by atoms with Crippen LogP contribution in [0.5, 0.6) is 5.75 Å². The third-order valence-corrected chi connectivity index (χ3v) is 4.05. The highest BCUT2D eigenvalue weighted by Crippen LogP contribution is 2.19. The Hall–Kier alpha value is -2.82. The minimum atomic E-state index is -0.447. The number of carbonyl (C=O) groups is 2. The standard InChI is InChI=1S/C21H25NO4/c1-4-26-21(24)17(13-16-8-6-5-7-9-16)14-22-20(23)18-12-15(2)10-11-19(18)25-3/h5-12,17H,4,13-14H2,1-3H3,(H,22,23). The van der Waals surface area contributed by atoms with Crippen molar-refractivity contribution < 1.29 is 19.1 Å². The van der Waals surface area contributed by atoms with Crippen molar-refractivity contribution in [3.8, 4) is 5.75 Å². The highest BCUT2D eigenvalue weighted by atomic mass is 16.5. The van der Waals surface area contributed by atoms with Gasteiger partial charge in [-0.2, -0.15) is 0 Å². The molecule has 138 valence electrons. The first-order valence-electron chi connectivity index (χ1n) is 8.68. The van der Waals surface area contributed by atoms with Crippen LogP contribution in [-0.2, 0) is 16.0 Å². The molecular weight excluding hydrogens is 330 g/mol. The molecule has 1 amide bonds. The van der Waals surface area contributed by atoms with Gasteiger partial charge in [-0.05, 0) is 38.0 Å². The van der Waals surface area contributed by atoms with Gasteiger partial charge in [0.2, 0.25) is 0 Å². The molecule has 0 aliphatic carbocycles. The van der Waals surface area contributed by atoms with Crippen LogP contribution in [0.3, 0.4) is 0 Å². The Bertz CT molecular complexity index is 743. The second-order valence-corrected chi connectivity index (χ2v) is 6.05. The number of methoxy groups -OCH3 is 1. The summed E-state index contributed by atoms with van der Waals surface area (Å²) < 4.78 is 10.4. The van der Waals surface area contributed by atoms with E-state index >= 15 is 0 Å². The molecule has 0 aromatic heterocycles. The van der Waals surface area contributed by atoms with Gasteiger partial charge in [0.25, 0.3) is 5.91 Å². The summed E-state index contributed by atoms with van der Waals surface area (Å²) in [6, 6.07) is 15.1. The molecule has 26 heavy (non-hydrogen) atoms. The number of amides is 1. The zero-order valence-corrected chi connectivity index (χ0v) is 15.5. The van der Waals surface area contributed by atoms with Crippen molar-refractivity contribution >= 4 is 11.9 Å². The molecule has 1 unspecified atom stereocenters. The molecule has 1 atom stereocenters. The van der Waals surface area contributed by atoms with Gasteiger partial charge in [0.1, 0.15) is 5.75 Å². The van der Waals surface area contributed by atoms with E-state index in [1.165, 1.54) is 7.11 Å². The van der Waals surface area contributed by atoms with Crippen molar-refractivity contribution in [3.63, 3.8) is 0 Å². The fourth-order valence-corrected chi connectivity index (χ4v) is 2.71. The van der Waals surface area contributed by atoms with E-state index in [2.05, 4.69) is 5.32 Å². The smallest absolute Gasteiger partial charge is 0.311 e. The van der Waals surface area contributed by atoms with Crippen LogP contribution in [0, 0.1) is 12.8 Å². The van der Waals surface area contributed by atoms with Crippen LogP contribution in [0.15, 0.2) is 48.5 Å². The van der Waals surface area contributed by atoms with E-state index in [0.29, 0.717) is 24.3 Å². The monoisotopic (exact) mass is 355 g/mol. The molecule has 0 bridgehead atoms. The lowest BCUT2D eigenvalue weighted by Gasteiger charge is -2.17. The van der Waals surface area contributed by atoms with Crippen molar-refractivity contribution in [2.45, 2.75) is 20.3 Å². The molecule has 0 heterocycles. The van der Waals surface area contributed by atoms with Gasteiger partial charge in [0, 0.05) is 6.54 Å². The lowest BCUT2D eigenvalue weighted by atomic mass is 9.99. The SMILES string of the molecule is CCOC(=O)C(CNC(=O)c1cc(C)ccc1OC)Cc1ccccc1. The van der Waals surface area contributed by atoms with Crippen LogP contribution in [0.25, 0.3) is 0 Å². The fraction of sp³-hybridized carbons (Fsp3) is 0.333. The number of ether oxygens (including phenoxy) is 2. The van der Waals surface area contributed by atoms with Gasteiger partial charge in [-0.15, -0.1) is 0 Å². The van der Waals surface area contributed by atoms with Crippen molar-refractivity contribution in [3.05, 3.63) is 65.2 Å². The summed E-state index contributed by atoms with van der Waals surface area (Å²) in [7, 11) is 1.53. The summed E-state index contributed by atoms with van der Waals surface area (Å²) >= 11 is 0. The zero-order chi connectivity index (χ0) is 18.9.